The van der Waals surface area contributed by atoms with Crippen molar-refractivity contribution in [3.05, 3.63) is 52.6 Å². The molecule has 0 fully saturated rings. The summed E-state index contributed by atoms with van der Waals surface area (Å²) in [6.45, 7) is 6.54. The molecule has 0 aliphatic heterocycles. The lowest BCUT2D eigenvalue weighted by atomic mass is 9.96. The van der Waals surface area contributed by atoms with Crippen molar-refractivity contribution in [1.29, 1.82) is 0 Å². The first-order valence-corrected chi connectivity index (χ1v) is 6.94. The van der Waals surface area contributed by atoms with Crippen molar-refractivity contribution >= 4 is 0 Å². The maximum Gasteiger partial charge on any atom is 0.124 e. The molecular formula is C16H20FN3O. The van der Waals surface area contributed by atoms with Gasteiger partial charge in [-0.2, -0.15) is 10.2 Å². The first-order valence-electron chi connectivity index (χ1n) is 6.94. The van der Waals surface area contributed by atoms with Gasteiger partial charge in [-0.1, -0.05) is 6.92 Å². The molecular weight excluding hydrogens is 269 g/mol. The molecule has 0 radical (unpaired) electrons. The Morgan fingerprint density at radius 3 is 2.62 bits per heavy atom. The average molecular weight is 289 g/mol. The summed E-state index contributed by atoms with van der Waals surface area (Å²) in [6, 6.07) is 6.33. The number of ether oxygens (including phenoxy) is 1. The predicted molar refractivity (Wildman–Crippen MR) is 80.0 cm³/mol. The molecule has 2 rings (SSSR count). The molecule has 1 N–H and O–H groups in total. The normalized spacial score (nSPS) is 12.2. The van der Waals surface area contributed by atoms with Crippen LogP contribution in [-0.2, 0) is 0 Å². The second kappa shape index (κ2) is 6.63. The van der Waals surface area contributed by atoms with Gasteiger partial charge in [0.25, 0.3) is 0 Å². The van der Waals surface area contributed by atoms with Crippen LogP contribution in [-0.4, -0.2) is 23.9 Å². The molecule has 1 unspecified atom stereocenters. The molecule has 1 aromatic heterocycles. The Bertz CT molecular complexity index is 631. The van der Waals surface area contributed by atoms with Gasteiger partial charge in [-0.3, -0.25) is 0 Å². The summed E-state index contributed by atoms with van der Waals surface area (Å²) < 4.78 is 19.0. The first-order chi connectivity index (χ1) is 10.1. The fraction of sp³-hybridized carbons (Fsp3) is 0.375. The third kappa shape index (κ3) is 3.36. The minimum Gasteiger partial charge on any atom is -0.496 e. The summed E-state index contributed by atoms with van der Waals surface area (Å²) in [5, 5.41) is 11.6. The Morgan fingerprint density at radius 2 is 1.95 bits per heavy atom. The lowest BCUT2D eigenvalue weighted by Crippen LogP contribution is -2.24. The molecule has 112 valence electrons. The third-order valence-electron chi connectivity index (χ3n) is 3.36. The Kier molecular flexibility index (Phi) is 4.85. The highest BCUT2D eigenvalue weighted by molar-refractivity contribution is 5.43. The van der Waals surface area contributed by atoms with E-state index >= 15 is 0 Å². The predicted octanol–water partition coefficient (Wildman–Crippen LogP) is 2.94. The summed E-state index contributed by atoms with van der Waals surface area (Å²) in [4.78, 5) is 0. The van der Waals surface area contributed by atoms with Gasteiger partial charge in [-0.25, -0.2) is 4.39 Å². The van der Waals surface area contributed by atoms with Crippen LogP contribution < -0.4 is 10.1 Å². The summed E-state index contributed by atoms with van der Waals surface area (Å²) >= 11 is 0. The maximum absolute atomic E-state index is 13.7. The number of benzene rings is 1. The largest absolute Gasteiger partial charge is 0.496 e. The van der Waals surface area contributed by atoms with Gasteiger partial charge in [-0.05, 0) is 50.2 Å². The minimum atomic E-state index is -0.287. The van der Waals surface area contributed by atoms with Crippen LogP contribution in [0.4, 0.5) is 4.39 Å². The van der Waals surface area contributed by atoms with Crippen LogP contribution >= 0.6 is 0 Å². The lowest BCUT2D eigenvalue weighted by molar-refractivity contribution is 0.402. The number of hydrogen-bond donors (Lipinski definition) is 1. The number of rotatable bonds is 5. The topological polar surface area (TPSA) is 47.0 Å². The number of methoxy groups -OCH3 is 1. The van der Waals surface area contributed by atoms with E-state index < -0.39 is 0 Å². The van der Waals surface area contributed by atoms with E-state index in [4.69, 9.17) is 4.74 Å². The van der Waals surface area contributed by atoms with E-state index in [1.54, 1.807) is 13.2 Å². The number of nitrogens with zero attached hydrogens (tertiary/aromatic N) is 2. The van der Waals surface area contributed by atoms with Crippen molar-refractivity contribution in [3.63, 3.8) is 0 Å². The second-order valence-electron chi connectivity index (χ2n) is 4.90. The van der Waals surface area contributed by atoms with Crippen LogP contribution in [0.1, 0.15) is 35.5 Å². The number of nitrogens with one attached hydrogen (secondary N) is 1. The Hall–Kier alpha value is -2.01. The van der Waals surface area contributed by atoms with Crippen molar-refractivity contribution < 1.29 is 9.13 Å². The Labute approximate surface area is 124 Å². The van der Waals surface area contributed by atoms with Crippen molar-refractivity contribution in [2.75, 3.05) is 13.7 Å². The third-order valence-corrected chi connectivity index (χ3v) is 3.36. The highest BCUT2D eigenvalue weighted by Gasteiger charge is 2.21. The summed E-state index contributed by atoms with van der Waals surface area (Å²) in [5.41, 5.74) is 3.38. The van der Waals surface area contributed by atoms with Gasteiger partial charge in [0, 0.05) is 5.56 Å². The molecule has 1 atom stereocenters. The molecule has 1 aromatic carbocycles. The standard InChI is InChI=1S/C16H20FN3O/c1-5-18-16(13-8-10(2)19-20-11(13)3)14-9-12(17)6-7-15(14)21-4/h6-9,16,18H,5H2,1-4H3. The van der Waals surface area contributed by atoms with Crippen molar-refractivity contribution in [3.8, 4) is 5.75 Å². The van der Waals surface area contributed by atoms with Crippen molar-refractivity contribution in [1.82, 2.24) is 15.5 Å². The zero-order chi connectivity index (χ0) is 15.4. The van der Waals surface area contributed by atoms with E-state index in [1.165, 1.54) is 12.1 Å². The molecule has 5 heteroatoms. The van der Waals surface area contributed by atoms with Gasteiger partial charge < -0.3 is 10.1 Å². The van der Waals surface area contributed by atoms with E-state index in [2.05, 4.69) is 15.5 Å². The second-order valence-corrected chi connectivity index (χ2v) is 4.90. The summed E-state index contributed by atoms with van der Waals surface area (Å²) in [5.74, 6) is 0.362. The van der Waals surface area contributed by atoms with E-state index in [1.807, 2.05) is 26.8 Å². The van der Waals surface area contributed by atoms with E-state index in [9.17, 15) is 4.39 Å². The SMILES string of the molecule is CCNC(c1cc(F)ccc1OC)c1cc(C)nnc1C. The van der Waals surface area contributed by atoms with Crippen LogP contribution in [0.15, 0.2) is 24.3 Å². The molecule has 2 aromatic rings. The minimum absolute atomic E-state index is 0.185. The average Bonchev–Trinajstić information content (AvgIpc) is 2.47. The molecule has 0 aliphatic carbocycles. The van der Waals surface area contributed by atoms with Crippen LogP contribution in [0.25, 0.3) is 0 Å². The molecule has 0 saturated heterocycles. The summed E-state index contributed by atoms with van der Waals surface area (Å²) in [6.07, 6.45) is 0. The highest BCUT2D eigenvalue weighted by Crippen LogP contribution is 2.31. The van der Waals surface area contributed by atoms with Gasteiger partial charge in [0.15, 0.2) is 0 Å². The molecule has 21 heavy (non-hydrogen) atoms. The summed E-state index contributed by atoms with van der Waals surface area (Å²) in [7, 11) is 1.59. The molecule has 0 amide bonds. The van der Waals surface area contributed by atoms with Crippen LogP contribution in [0.5, 0.6) is 5.75 Å². The van der Waals surface area contributed by atoms with E-state index in [-0.39, 0.29) is 11.9 Å². The van der Waals surface area contributed by atoms with Gasteiger partial charge in [-0.15, -0.1) is 0 Å². The van der Waals surface area contributed by atoms with E-state index in [0.717, 1.165) is 29.1 Å². The fourth-order valence-electron chi connectivity index (χ4n) is 2.38. The smallest absolute Gasteiger partial charge is 0.124 e. The molecule has 0 bridgehead atoms. The van der Waals surface area contributed by atoms with Gasteiger partial charge in [0.1, 0.15) is 11.6 Å². The van der Waals surface area contributed by atoms with Gasteiger partial charge in [0.05, 0.1) is 24.5 Å². The zero-order valence-electron chi connectivity index (χ0n) is 12.8. The number of aromatic nitrogens is 2. The number of hydrogen-bond acceptors (Lipinski definition) is 4. The van der Waals surface area contributed by atoms with Gasteiger partial charge >= 0.3 is 0 Å². The van der Waals surface area contributed by atoms with Gasteiger partial charge in [0.2, 0.25) is 0 Å². The molecule has 0 saturated carbocycles. The highest BCUT2D eigenvalue weighted by atomic mass is 19.1. The molecule has 0 aliphatic rings. The molecule has 1 heterocycles. The molecule has 0 spiro atoms. The Morgan fingerprint density at radius 1 is 1.19 bits per heavy atom. The first kappa shape index (κ1) is 15.4. The monoisotopic (exact) mass is 289 g/mol. The lowest BCUT2D eigenvalue weighted by Gasteiger charge is -2.22. The van der Waals surface area contributed by atoms with Crippen molar-refractivity contribution in [2.45, 2.75) is 26.8 Å². The van der Waals surface area contributed by atoms with E-state index in [0.29, 0.717) is 5.75 Å². The number of aryl methyl sites for hydroxylation is 2. The van der Waals surface area contributed by atoms with Crippen LogP contribution in [0, 0.1) is 19.7 Å². The quantitative estimate of drug-likeness (QED) is 0.919. The molecule has 4 nitrogen and oxygen atoms in total. The fourth-order valence-corrected chi connectivity index (χ4v) is 2.38. The van der Waals surface area contributed by atoms with Crippen molar-refractivity contribution in [2.24, 2.45) is 0 Å². The zero-order valence-corrected chi connectivity index (χ0v) is 12.8. The van der Waals surface area contributed by atoms with Crippen LogP contribution in [0.3, 0.4) is 0 Å². The van der Waals surface area contributed by atoms with Crippen LogP contribution in [0.2, 0.25) is 0 Å². The Balaban J connectivity index is 2.58. The number of halogens is 1. The maximum atomic E-state index is 13.7.